The molecule has 6 heteroatoms. The van der Waals surface area contributed by atoms with Crippen LogP contribution in [0.3, 0.4) is 0 Å². The Hall–Kier alpha value is -1.11. The summed E-state index contributed by atoms with van der Waals surface area (Å²) in [6, 6.07) is 0. The van der Waals surface area contributed by atoms with Crippen molar-refractivity contribution in [2.75, 3.05) is 47.4 Å². The zero-order valence-corrected chi connectivity index (χ0v) is 13.2. The molecule has 2 aliphatic rings. The molecule has 3 heterocycles. The summed E-state index contributed by atoms with van der Waals surface area (Å²) in [6.45, 7) is 4.70. The van der Waals surface area contributed by atoms with Crippen molar-refractivity contribution in [3.63, 3.8) is 0 Å². The van der Waals surface area contributed by atoms with E-state index in [9.17, 15) is 5.11 Å². The van der Waals surface area contributed by atoms with Crippen molar-refractivity contribution >= 4 is 0 Å². The fourth-order valence-electron chi connectivity index (χ4n) is 3.69. The van der Waals surface area contributed by atoms with Gasteiger partial charge < -0.3 is 19.6 Å². The zero-order valence-electron chi connectivity index (χ0n) is 13.2. The number of fused-ring (bicyclic) bond motifs is 2. The SMILES string of the molecule is COc1cnn(CCN(C)C)c1C1(O)CCN2CCC1C2. The highest BCUT2D eigenvalue weighted by Crippen LogP contribution is 2.45. The van der Waals surface area contributed by atoms with Crippen LogP contribution in [-0.2, 0) is 12.1 Å². The van der Waals surface area contributed by atoms with Gasteiger partial charge in [0.2, 0.25) is 0 Å². The Balaban J connectivity index is 1.93. The lowest BCUT2D eigenvalue weighted by atomic mass is 9.79. The van der Waals surface area contributed by atoms with Gasteiger partial charge in [-0.05, 0) is 33.5 Å². The second kappa shape index (κ2) is 5.59. The third-order valence-corrected chi connectivity index (χ3v) is 4.95. The molecular weight excluding hydrogens is 268 g/mol. The van der Waals surface area contributed by atoms with Gasteiger partial charge in [-0.2, -0.15) is 5.10 Å². The fraction of sp³-hybridized carbons (Fsp3) is 0.800. The van der Waals surface area contributed by atoms with Crippen LogP contribution in [0.2, 0.25) is 0 Å². The van der Waals surface area contributed by atoms with Crippen molar-refractivity contribution in [3.8, 4) is 5.75 Å². The first-order valence-corrected chi connectivity index (χ1v) is 7.74. The molecule has 0 amide bonds. The van der Waals surface area contributed by atoms with Gasteiger partial charge in [0.05, 0.1) is 19.9 Å². The maximum atomic E-state index is 11.4. The van der Waals surface area contributed by atoms with E-state index in [1.165, 1.54) is 0 Å². The number of ether oxygens (including phenoxy) is 1. The standard InChI is InChI=1S/C15H26N4O2/c1-17(2)8-9-19-14(13(21-3)10-16-19)15(20)5-7-18-6-4-12(15)11-18/h10,12,20H,4-9,11H2,1-3H3. The number of nitrogens with zero attached hydrogens (tertiary/aromatic N) is 4. The van der Waals surface area contributed by atoms with E-state index in [4.69, 9.17) is 4.74 Å². The van der Waals surface area contributed by atoms with Gasteiger partial charge in [-0.25, -0.2) is 0 Å². The summed E-state index contributed by atoms with van der Waals surface area (Å²) in [5.41, 5.74) is 0.0691. The number of methoxy groups -OCH3 is 1. The first kappa shape index (κ1) is 14.8. The van der Waals surface area contributed by atoms with Gasteiger partial charge in [0.25, 0.3) is 0 Å². The Bertz CT molecular complexity index is 502. The maximum absolute atomic E-state index is 11.4. The normalized spacial score (nSPS) is 31.9. The lowest BCUT2D eigenvalue weighted by molar-refractivity contribution is -0.0586. The molecule has 21 heavy (non-hydrogen) atoms. The van der Waals surface area contributed by atoms with Crippen molar-refractivity contribution in [1.82, 2.24) is 19.6 Å². The van der Waals surface area contributed by atoms with Crippen molar-refractivity contribution in [3.05, 3.63) is 11.9 Å². The molecule has 1 aromatic heterocycles. The van der Waals surface area contributed by atoms with Gasteiger partial charge in [-0.3, -0.25) is 4.68 Å². The highest BCUT2D eigenvalue weighted by Gasteiger charge is 2.49. The molecule has 0 radical (unpaired) electrons. The lowest BCUT2D eigenvalue weighted by Gasteiger charge is -2.39. The van der Waals surface area contributed by atoms with E-state index in [2.05, 4.69) is 14.9 Å². The molecule has 2 fully saturated rings. The van der Waals surface area contributed by atoms with E-state index in [0.717, 1.165) is 57.0 Å². The number of hydrogen-bond donors (Lipinski definition) is 1. The number of likely N-dealkylation sites (N-methyl/N-ethyl adjacent to an activating group) is 1. The summed E-state index contributed by atoms with van der Waals surface area (Å²) in [5, 5.41) is 15.8. The van der Waals surface area contributed by atoms with E-state index in [1.807, 2.05) is 18.8 Å². The van der Waals surface area contributed by atoms with E-state index in [-0.39, 0.29) is 5.92 Å². The van der Waals surface area contributed by atoms with Crippen LogP contribution in [0.4, 0.5) is 0 Å². The molecule has 118 valence electrons. The van der Waals surface area contributed by atoms with E-state index >= 15 is 0 Å². The molecule has 2 aliphatic heterocycles. The van der Waals surface area contributed by atoms with Crippen LogP contribution >= 0.6 is 0 Å². The second-order valence-corrected chi connectivity index (χ2v) is 6.55. The molecule has 0 aromatic carbocycles. The lowest BCUT2D eigenvalue weighted by Crippen LogP contribution is -2.45. The summed E-state index contributed by atoms with van der Waals surface area (Å²) in [4.78, 5) is 4.56. The molecule has 0 aliphatic carbocycles. The Labute approximate surface area is 126 Å². The van der Waals surface area contributed by atoms with Gasteiger partial charge >= 0.3 is 0 Å². The molecule has 0 spiro atoms. The summed E-state index contributed by atoms with van der Waals surface area (Å²) >= 11 is 0. The van der Waals surface area contributed by atoms with Crippen molar-refractivity contribution in [2.45, 2.75) is 25.0 Å². The van der Waals surface area contributed by atoms with Gasteiger partial charge in [0.15, 0.2) is 5.75 Å². The van der Waals surface area contributed by atoms with E-state index in [1.54, 1.807) is 13.3 Å². The monoisotopic (exact) mass is 294 g/mol. The minimum Gasteiger partial charge on any atom is -0.493 e. The minimum atomic E-state index is -0.804. The largest absolute Gasteiger partial charge is 0.493 e. The third-order valence-electron chi connectivity index (χ3n) is 4.95. The van der Waals surface area contributed by atoms with E-state index < -0.39 is 5.60 Å². The molecule has 2 bridgehead atoms. The first-order chi connectivity index (χ1) is 10.0. The summed E-state index contributed by atoms with van der Waals surface area (Å²) < 4.78 is 7.42. The zero-order chi connectivity index (χ0) is 15.0. The third kappa shape index (κ3) is 2.56. The van der Waals surface area contributed by atoms with Crippen LogP contribution in [0, 0.1) is 5.92 Å². The average molecular weight is 294 g/mol. The second-order valence-electron chi connectivity index (χ2n) is 6.55. The highest BCUT2D eigenvalue weighted by atomic mass is 16.5. The molecule has 1 N–H and O–H groups in total. The quantitative estimate of drug-likeness (QED) is 0.850. The van der Waals surface area contributed by atoms with Gasteiger partial charge in [0.1, 0.15) is 11.3 Å². The molecular formula is C15H26N4O2. The van der Waals surface area contributed by atoms with Crippen LogP contribution in [-0.4, -0.2) is 72.1 Å². The molecule has 3 rings (SSSR count). The van der Waals surface area contributed by atoms with Gasteiger partial charge in [0, 0.05) is 25.6 Å². The van der Waals surface area contributed by atoms with Gasteiger partial charge in [-0.15, -0.1) is 0 Å². The average Bonchev–Trinajstić information content (AvgIpc) is 3.06. The Morgan fingerprint density at radius 2 is 2.29 bits per heavy atom. The summed E-state index contributed by atoms with van der Waals surface area (Å²) in [5.74, 6) is 1.01. The molecule has 2 saturated heterocycles. The Morgan fingerprint density at radius 3 is 3.00 bits per heavy atom. The highest BCUT2D eigenvalue weighted by molar-refractivity contribution is 5.33. The molecule has 0 saturated carbocycles. The van der Waals surface area contributed by atoms with Gasteiger partial charge in [-0.1, -0.05) is 0 Å². The van der Waals surface area contributed by atoms with Crippen molar-refractivity contribution in [1.29, 1.82) is 0 Å². The summed E-state index contributed by atoms with van der Waals surface area (Å²) in [7, 11) is 5.75. The summed E-state index contributed by atoms with van der Waals surface area (Å²) in [6.07, 6.45) is 3.56. The maximum Gasteiger partial charge on any atom is 0.162 e. The topological polar surface area (TPSA) is 53.8 Å². The number of rotatable bonds is 5. The predicted molar refractivity (Wildman–Crippen MR) is 80.4 cm³/mol. The minimum absolute atomic E-state index is 0.287. The Kier molecular flexibility index (Phi) is 3.94. The molecule has 3 unspecified atom stereocenters. The molecule has 1 aromatic rings. The van der Waals surface area contributed by atoms with E-state index in [0.29, 0.717) is 0 Å². The van der Waals surface area contributed by atoms with Crippen molar-refractivity contribution < 1.29 is 9.84 Å². The van der Waals surface area contributed by atoms with Crippen LogP contribution in [0.25, 0.3) is 0 Å². The van der Waals surface area contributed by atoms with Crippen molar-refractivity contribution in [2.24, 2.45) is 5.92 Å². The number of aliphatic hydroxyl groups is 1. The van der Waals surface area contributed by atoms with Crippen LogP contribution < -0.4 is 4.74 Å². The molecule has 3 atom stereocenters. The number of hydrogen-bond acceptors (Lipinski definition) is 5. The Morgan fingerprint density at radius 1 is 1.48 bits per heavy atom. The van der Waals surface area contributed by atoms with Crippen LogP contribution in [0.15, 0.2) is 6.20 Å². The smallest absolute Gasteiger partial charge is 0.162 e. The predicted octanol–water partition coefficient (Wildman–Crippen LogP) is 0.367. The van der Waals surface area contributed by atoms with Crippen LogP contribution in [0.5, 0.6) is 5.75 Å². The molecule has 6 nitrogen and oxygen atoms in total. The number of aromatic nitrogens is 2. The van der Waals surface area contributed by atoms with Crippen LogP contribution in [0.1, 0.15) is 18.5 Å². The first-order valence-electron chi connectivity index (χ1n) is 7.74. The number of piperidine rings is 1. The fourth-order valence-corrected chi connectivity index (χ4v) is 3.69.